The van der Waals surface area contributed by atoms with Crippen molar-refractivity contribution in [1.29, 1.82) is 0 Å². The molecule has 1 spiro atoms. The Labute approximate surface area is 427 Å². The number of benzene rings is 3. The van der Waals surface area contributed by atoms with Gasteiger partial charge in [-0.05, 0) is 136 Å². The molecular formula is C55H68N8O9S. The fourth-order valence-corrected chi connectivity index (χ4v) is 13.6. The normalized spacial score (nSPS) is 25.6. The summed E-state index contributed by atoms with van der Waals surface area (Å²) in [7, 11) is -4.62. The number of nitrogens with zero attached hydrogens (tertiary/aromatic N) is 5. The smallest absolute Gasteiger partial charge is 0.293 e. The second-order valence-electron chi connectivity index (χ2n) is 22.2. The number of aromatic amines is 1. The lowest BCUT2D eigenvalue weighted by Crippen LogP contribution is -2.58. The molecule has 17 nitrogen and oxygen atoms in total. The van der Waals surface area contributed by atoms with Crippen LogP contribution in [-0.2, 0) is 19.5 Å². The number of pyridine rings is 1. The molecule has 6 aliphatic rings. The van der Waals surface area contributed by atoms with Crippen LogP contribution in [-0.4, -0.2) is 116 Å². The van der Waals surface area contributed by atoms with E-state index in [-0.39, 0.29) is 40.6 Å². The Balaban J connectivity index is 0.865. The molecule has 11 rings (SSSR count). The molecule has 0 bridgehead atoms. The summed E-state index contributed by atoms with van der Waals surface area (Å²) >= 11 is 0. The topological polar surface area (TPSA) is 205 Å². The molecular weight excluding hydrogens is 949 g/mol. The number of piperidine rings is 1. The van der Waals surface area contributed by atoms with E-state index in [1.54, 1.807) is 6.07 Å². The van der Waals surface area contributed by atoms with Crippen LogP contribution in [0, 0.1) is 27.4 Å². The summed E-state index contributed by atoms with van der Waals surface area (Å²) < 4.78 is 49.3. The van der Waals surface area contributed by atoms with Crippen molar-refractivity contribution in [2.45, 2.75) is 113 Å². The summed E-state index contributed by atoms with van der Waals surface area (Å²) in [5, 5.41) is 26.8. The van der Waals surface area contributed by atoms with Crippen LogP contribution in [0.15, 0.2) is 83.9 Å². The number of aromatic nitrogens is 2. The van der Waals surface area contributed by atoms with Gasteiger partial charge in [0, 0.05) is 74.6 Å². The standard InChI is InChI=1S/C55H68N8O9S/c1-35(2)42-6-4-5-7-43(42)49-33-71-25-23-61(49)40-29-55(30-40)18-21-60(22-19-55)39-8-10-44(46(27-39)62-32-38-15-24-70-34-50(38)72-53-48(62)26-37-14-20-56-51(37)58-53)52(64)59-73(68,69)41-9-11-45(47(28-41)63(66)67)57-31-36-12-16-54(3,65)17-13-36/h4-11,14,20,26-28,35-36,38,40,49-50,57,65H,12-13,15-19,21-25,29-34H2,1-3H3,(H,56,58)(H,59,64)/t36?,38-,49-,50+,54?/m0/s1. The molecule has 6 heterocycles. The zero-order valence-electron chi connectivity index (χ0n) is 42.1. The molecule has 3 saturated heterocycles. The maximum atomic E-state index is 14.7. The molecule has 1 amide bonds. The second-order valence-corrected chi connectivity index (χ2v) is 23.9. The van der Waals surface area contributed by atoms with Crippen molar-refractivity contribution in [2.24, 2.45) is 17.3 Å². The van der Waals surface area contributed by atoms with Gasteiger partial charge >= 0.3 is 0 Å². The number of carbonyl (C=O) groups excluding carboxylic acids is 1. The molecule has 3 aromatic carbocycles. The van der Waals surface area contributed by atoms with Crippen molar-refractivity contribution < 1.29 is 37.5 Å². The van der Waals surface area contributed by atoms with E-state index in [4.69, 9.17) is 19.2 Å². The van der Waals surface area contributed by atoms with Crippen LogP contribution >= 0.6 is 0 Å². The maximum Gasteiger partial charge on any atom is 0.293 e. The van der Waals surface area contributed by atoms with Gasteiger partial charge in [0.05, 0.1) is 52.5 Å². The van der Waals surface area contributed by atoms with E-state index in [2.05, 4.69) is 62.9 Å². The SMILES string of the molecule is CC(C)c1ccccc1[C@@H]1COCCN1C1CC2(CCN(c3ccc(C(=O)NS(=O)(=O)c4ccc(NCC5CCC(C)(O)CC5)c([N+](=O)[O-])c4)c(N4C[C@@H]5CCOC[C@H]5Oc5nc6[nH]ccc6cc54)c3)CC2)C1. The van der Waals surface area contributed by atoms with Crippen molar-refractivity contribution in [3.8, 4) is 5.88 Å². The third-order valence-electron chi connectivity index (χ3n) is 17.0. The molecule has 5 fully saturated rings. The number of anilines is 4. The number of amides is 1. The van der Waals surface area contributed by atoms with Crippen molar-refractivity contribution in [3.05, 3.63) is 106 Å². The molecule has 0 radical (unpaired) electrons. The summed E-state index contributed by atoms with van der Waals surface area (Å²) in [4.78, 5) is 41.3. The first kappa shape index (κ1) is 49.4. The number of morpholine rings is 1. The van der Waals surface area contributed by atoms with E-state index in [1.807, 2.05) is 42.3 Å². The molecule has 18 heteroatoms. The highest BCUT2D eigenvalue weighted by molar-refractivity contribution is 7.90. The maximum absolute atomic E-state index is 14.7. The number of sulfonamides is 1. The van der Waals surface area contributed by atoms with Gasteiger partial charge in [-0.3, -0.25) is 19.8 Å². The van der Waals surface area contributed by atoms with E-state index in [1.165, 1.54) is 23.3 Å². The minimum Gasteiger partial charge on any atom is -0.470 e. The summed E-state index contributed by atoms with van der Waals surface area (Å²) in [5.74, 6) is 0.127. The fraction of sp³-hybridized carbons (Fsp3) is 0.527. The van der Waals surface area contributed by atoms with Crippen molar-refractivity contribution in [3.63, 3.8) is 0 Å². The highest BCUT2D eigenvalue weighted by Crippen LogP contribution is 2.54. The summed E-state index contributed by atoms with van der Waals surface area (Å²) in [5.41, 5.74) is 4.88. The lowest BCUT2D eigenvalue weighted by molar-refractivity contribution is -0.384. The van der Waals surface area contributed by atoms with Gasteiger partial charge in [-0.25, -0.2) is 13.1 Å². The lowest BCUT2D eigenvalue weighted by atomic mass is 9.59. The van der Waals surface area contributed by atoms with Gasteiger partial charge in [0.2, 0.25) is 5.88 Å². The minimum atomic E-state index is -4.62. The molecule has 3 atom stereocenters. The first-order chi connectivity index (χ1) is 35.1. The zero-order chi connectivity index (χ0) is 50.6. The van der Waals surface area contributed by atoms with E-state index >= 15 is 0 Å². The number of rotatable bonds is 12. The molecule has 2 aromatic heterocycles. The molecule has 2 saturated carbocycles. The molecule has 4 aliphatic heterocycles. The molecule has 388 valence electrons. The van der Waals surface area contributed by atoms with Gasteiger partial charge in [-0.1, -0.05) is 38.1 Å². The Morgan fingerprint density at radius 2 is 1.73 bits per heavy atom. The highest BCUT2D eigenvalue weighted by Gasteiger charge is 2.50. The monoisotopic (exact) mass is 1020 g/mol. The largest absolute Gasteiger partial charge is 0.470 e. The predicted octanol–water partition coefficient (Wildman–Crippen LogP) is 8.82. The number of hydrogen-bond acceptors (Lipinski definition) is 14. The average molecular weight is 1020 g/mol. The lowest BCUT2D eigenvalue weighted by Gasteiger charge is -2.57. The Morgan fingerprint density at radius 1 is 0.945 bits per heavy atom. The molecule has 0 unspecified atom stereocenters. The molecule has 2 aliphatic carbocycles. The van der Waals surface area contributed by atoms with Crippen molar-refractivity contribution in [2.75, 3.05) is 74.3 Å². The van der Waals surface area contributed by atoms with Crippen LogP contribution in [0.1, 0.15) is 112 Å². The first-order valence-corrected chi connectivity index (χ1v) is 27.7. The molecule has 73 heavy (non-hydrogen) atoms. The fourth-order valence-electron chi connectivity index (χ4n) is 12.6. The van der Waals surface area contributed by atoms with E-state index in [9.17, 15) is 28.4 Å². The summed E-state index contributed by atoms with van der Waals surface area (Å²) in [6, 6.07) is 22.7. The number of H-pyrrole nitrogens is 1. The van der Waals surface area contributed by atoms with Gasteiger partial charge < -0.3 is 39.4 Å². The number of nitro benzene ring substituents is 1. The van der Waals surface area contributed by atoms with Crippen LogP contribution in [0.2, 0.25) is 0 Å². The number of fused-ring (bicyclic) bond motifs is 3. The van der Waals surface area contributed by atoms with E-state index in [0.29, 0.717) is 87.0 Å². The van der Waals surface area contributed by atoms with Crippen LogP contribution in [0.5, 0.6) is 5.88 Å². The van der Waals surface area contributed by atoms with Gasteiger partial charge in [-0.15, -0.1) is 0 Å². The number of nitrogens with one attached hydrogen (secondary N) is 3. The van der Waals surface area contributed by atoms with Gasteiger partial charge in [0.15, 0.2) is 0 Å². The van der Waals surface area contributed by atoms with Crippen molar-refractivity contribution >= 4 is 55.4 Å². The third-order valence-corrected chi connectivity index (χ3v) is 18.3. The number of hydrogen-bond donors (Lipinski definition) is 4. The van der Waals surface area contributed by atoms with Crippen LogP contribution in [0.4, 0.5) is 28.4 Å². The van der Waals surface area contributed by atoms with Gasteiger partial charge in [0.25, 0.3) is 21.6 Å². The quantitative estimate of drug-likeness (QED) is 0.0681. The Kier molecular flexibility index (Phi) is 13.4. The van der Waals surface area contributed by atoms with Crippen molar-refractivity contribution in [1.82, 2.24) is 19.6 Å². The number of nitro groups is 1. The van der Waals surface area contributed by atoms with Crippen LogP contribution in [0.25, 0.3) is 11.0 Å². The number of carbonyl (C=O) groups is 1. The van der Waals surface area contributed by atoms with E-state index in [0.717, 1.165) is 81.9 Å². The van der Waals surface area contributed by atoms with Crippen LogP contribution < -0.4 is 24.6 Å². The van der Waals surface area contributed by atoms with Gasteiger partial charge in [-0.2, -0.15) is 4.98 Å². The highest BCUT2D eigenvalue weighted by atomic mass is 32.2. The summed E-state index contributed by atoms with van der Waals surface area (Å²) in [6.07, 6.45) is 9.36. The van der Waals surface area contributed by atoms with E-state index < -0.39 is 37.0 Å². The predicted molar refractivity (Wildman–Crippen MR) is 279 cm³/mol. The second kappa shape index (κ2) is 19.8. The molecule has 4 N–H and O–H groups in total. The average Bonchev–Trinajstić information content (AvgIpc) is 3.77. The zero-order valence-corrected chi connectivity index (χ0v) is 42.9. The number of aliphatic hydroxyl groups is 1. The van der Waals surface area contributed by atoms with Crippen LogP contribution in [0.3, 0.4) is 0 Å². The Morgan fingerprint density at radius 3 is 2.51 bits per heavy atom. The first-order valence-electron chi connectivity index (χ1n) is 26.3. The Bertz CT molecular complexity index is 2970. The summed E-state index contributed by atoms with van der Waals surface area (Å²) in [6.45, 7) is 12.2. The third kappa shape index (κ3) is 10.0. The molecule has 5 aromatic rings. The van der Waals surface area contributed by atoms with Gasteiger partial charge in [0.1, 0.15) is 23.1 Å². The minimum absolute atomic E-state index is 0.00317. The Hall–Kier alpha value is -5.79. The number of ether oxygens (including phenoxy) is 3.